The first-order valence-electron chi connectivity index (χ1n) is 8.32. The molecule has 24 heavy (non-hydrogen) atoms. The zero-order valence-corrected chi connectivity index (χ0v) is 14.2. The summed E-state index contributed by atoms with van der Waals surface area (Å²) in [5, 5.41) is 3.74. The Morgan fingerprint density at radius 1 is 0.750 bits per heavy atom. The summed E-state index contributed by atoms with van der Waals surface area (Å²) < 4.78 is 5.70. The van der Waals surface area contributed by atoms with E-state index in [0.717, 1.165) is 17.9 Å². The molecule has 3 aromatic carbocycles. The Kier molecular flexibility index (Phi) is 4.97. The fourth-order valence-electron chi connectivity index (χ4n) is 3.37. The summed E-state index contributed by atoms with van der Waals surface area (Å²) in [5.41, 5.74) is 3.06. The molecule has 122 valence electrons. The van der Waals surface area contributed by atoms with Gasteiger partial charge in [0, 0.05) is 5.56 Å². The van der Waals surface area contributed by atoms with Gasteiger partial charge in [0.15, 0.2) is 0 Å². The number of para-hydroxylation sites is 1. The average Bonchev–Trinajstić information content (AvgIpc) is 2.67. The molecule has 0 saturated heterocycles. The summed E-state index contributed by atoms with van der Waals surface area (Å²) in [6, 6.07) is 29.3. The fraction of sp³-hybridized carbons (Fsp3) is 0.182. The van der Waals surface area contributed by atoms with E-state index >= 15 is 0 Å². The molecule has 0 atom stereocenters. The summed E-state index contributed by atoms with van der Waals surface area (Å²) in [4.78, 5) is 0. The molecule has 0 spiro atoms. The number of benzene rings is 3. The standard InChI is InChI=1S/C22H23NO/c1-3-23-22(18-12-6-4-7-13-18,19-14-8-5-9-15-19)20-16-10-11-17-21(20)24-2/h4-17,23H,3H2,1-2H3. The predicted octanol–water partition coefficient (Wildman–Crippen LogP) is 4.60. The number of nitrogens with one attached hydrogen (secondary N) is 1. The number of ether oxygens (including phenoxy) is 1. The highest BCUT2D eigenvalue weighted by molar-refractivity contribution is 5.54. The van der Waals surface area contributed by atoms with Gasteiger partial charge in [0.05, 0.1) is 12.6 Å². The summed E-state index contributed by atoms with van der Waals surface area (Å²) in [6.07, 6.45) is 0. The molecule has 0 bridgehead atoms. The molecule has 0 radical (unpaired) electrons. The Bertz CT molecular complexity index is 729. The molecule has 0 saturated carbocycles. The maximum absolute atomic E-state index is 5.70. The van der Waals surface area contributed by atoms with Crippen LogP contribution in [-0.4, -0.2) is 13.7 Å². The van der Waals surface area contributed by atoms with E-state index in [-0.39, 0.29) is 0 Å². The third-order valence-electron chi connectivity index (χ3n) is 4.37. The van der Waals surface area contributed by atoms with Crippen LogP contribution in [0.25, 0.3) is 0 Å². The van der Waals surface area contributed by atoms with E-state index in [1.54, 1.807) is 7.11 Å². The lowest BCUT2D eigenvalue weighted by Crippen LogP contribution is -2.44. The van der Waals surface area contributed by atoms with E-state index in [1.165, 1.54) is 11.1 Å². The second-order valence-corrected chi connectivity index (χ2v) is 5.71. The Morgan fingerprint density at radius 2 is 1.25 bits per heavy atom. The smallest absolute Gasteiger partial charge is 0.124 e. The Balaban J connectivity index is 2.35. The second kappa shape index (κ2) is 7.33. The van der Waals surface area contributed by atoms with Crippen molar-refractivity contribution in [1.29, 1.82) is 0 Å². The van der Waals surface area contributed by atoms with Crippen LogP contribution in [-0.2, 0) is 5.54 Å². The Morgan fingerprint density at radius 3 is 1.75 bits per heavy atom. The van der Waals surface area contributed by atoms with Gasteiger partial charge in [-0.15, -0.1) is 0 Å². The zero-order valence-electron chi connectivity index (χ0n) is 14.2. The highest BCUT2D eigenvalue weighted by Crippen LogP contribution is 2.40. The molecule has 0 aliphatic carbocycles. The molecule has 3 rings (SSSR count). The average molecular weight is 317 g/mol. The van der Waals surface area contributed by atoms with Crippen molar-refractivity contribution in [3.05, 3.63) is 102 Å². The van der Waals surface area contributed by atoms with Crippen LogP contribution in [0.3, 0.4) is 0 Å². The molecule has 3 aromatic rings. The van der Waals surface area contributed by atoms with Crippen LogP contribution in [0, 0.1) is 0 Å². The lowest BCUT2D eigenvalue weighted by atomic mass is 9.76. The first-order chi connectivity index (χ1) is 11.8. The Labute approximate surface area is 144 Å². The van der Waals surface area contributed by atoms with E-state index in [1.807, 2.05) is 24.3 Å². The quantitative estimate of drug-likeness (QED) is 0.671. The van der Waals surface area contributed by atoms with Crippen molar-refractivity contribution in [3.63, 3.8) is 0 Å². The molecular weight excluding hydrogens is 294 g/mol. The van der Waals surface area contributed by atoms with E-state index in [9.17, 15) is 0 Å². The van der Waals surface area contributed by atoms with Gasteiger partial charge in [0.2, 0.25) is 0 Å². The number of rotatable bonds is 6. The van der Waals surface area contributed by atoms with Crippen LogP contribution >= 0.6 is 0 Å². The predicted molar refractivity (Wildman–Crippen MR) is 99.4 cm³/mol. The van der Waals surface area contributed by atoms with Crippen molar-refractivity contribution < 1.29 is 4.74 Å². The van der Waals surface area contributed by atoms with E-state index in [0.29, 0.717) is 0 Å². The van der Waals surface area contributed by atoms with Crippen molar-refractivity contribution in [2.24, 2.45) is 0 Å². The summed E-state index contributed by atoms with van der Waals surface area (Å²) in [6.45, 7) is 2.97. The first-order valence-corrected chi connectivity index (χ1v) is 8.32. The maximum Gasteiger partial charge on any atom is 0.124 e. The van der Waals surface area contributed by atoms with Crippen molar-refractivity contribution in [2.45, 2.75) is 12.5 Å². The third-order valence-corrected chi connectivity index (χ3v) is 4.37. The van der Waals surface area contributed by atoms with Gasteiger partial charge in [-0.05, 0) is 23.7 Å². The van der Waals surface area contributed by atoms with Crippen LogP contribution in [0.2, 0.25) is 0 Å². The van der Waals surface area contributed by atoms with E-state index in [2.05, 4.69) is 72.9 Å². The van der Waals surface area contributed by atoms with Crippen molar-refractivity contribution in [3.8, 4) is 5.75 Å². The highest BCUT2D eigenvalue weighted by atomic mass is 16.5. The van der Waals surface area contributed by atoms with Crippen LogP contribution in [0.1, 0.15) is 23.6 Å². The SMILES string of the molecule is CCNC(c1ccccc1)(c1ccccc1)c1ccccc1OC. The minimum absolute atomic E-state index is 0.454. The van der Waals surface area contributed by atoms with Gasteiger partial charge in [-0.1, -0.05) is 85.8 Å². The summed E-state index contributed by atoms with van der Waals surface area (Å²) in [7, 11) is 1.73. The van der Waals surface area contributed by atoms with E-state index < -0.39 is 5.54 Å². The van der Waals surface area contributed by atoms with Crippen LogP contribution in [0.15, 0.2) is 84.9 Å². The van der Waals surface area contributed by atoms with Crippen molar-refractivity contribution in [1.82, 2.24) is 5.32 Å². The van der Waals surface area contributed by atoms with Gasteiger partial charge in [-0.3, -0.25) is 0 Å². The molecule has 0 aromatic heterocycles. The van der Waals surface area contributed by atoms with Gasteiger partial charge < -0.3 is 10.1 Å². The van der Waals surface area contributed by atoms with Crippen LogP contribution < -0.4 is 10.1 Å². The highest BCUT2D eigenvalue weighted by Gasteiger charge is 2.37. The number of hydrogen-bond donors (Lipinski definition) is 1. The number of methoxy groups -OCH3 is 1. The molecule has 0 amide bonds. The fourth-order valence-corrected chi connectivity index (χ4v) is 3.37. The number of hydrogen-bond acceptors (Lipinski definition) is 2. The molecule has 0 fully saturated rings. The molecule has 0 unspecified atom stereocenters. The molecule has 2 nitrogen and oxygen atoms in total. The third kappa shape index (κ3) is 2.81. The topological polar surface area (TPSA) is 21.3 Å². The molecule has 0 aliphatic rings. The van der Waals surface area contributed by atoms with Gasteiger partial charge in [0.1, 0.15) is 5.75 Å². The van der Waals surface area contributed by atoms with Crippen molar-refractivity contribution in [2.75, 3.05) is 13.7 Å². The zero-order chi connectivity index (χ0) is 16.8. The Hall–Kier alpha value is -2.58. The van der Waals surface area contributed by atoms with Gasteiger partial charge >= 0.3 is 0 Å². The lowest BCUT2D eigenvalue weighted by Gasteiger charge is -2.37. The molecule has 0 heterocycles. The monoisotopic (exact) mass is 317 g/mol. The first kappa shape index (κ1) is 16.3. The molecule has 2 heteroatoms. The van der Waals surface area contributed by atoms with Gasteiger partial charge in [0.25, 0.3) is 0 Å². The molecule has 1 N–H and O–H groups in total. The normalized spacial score (nSPS) is 11.2. The largest absolute Gasteiger partial charge is 0.496 e. The van der Waals surface area contributed by atoms with Crippen molar-refractivity contribution >= 4 is 0 Å². The van der Waals surface area contributed by atoms with Gasteiger partial charge in [-0.2, -0.15) is 0 Å². The maximum atomic E-state index is 5.70. The minimum Gasteiger partial charge on any atom is -0.496 e. The van der Waals surface area contributed by atoms with Gasteiger partial charge in [-0.25, -0.2) is 0 Å². The lowest BCUT2D eigenvalue weighted by molar-refractivity contribution is 0.389. The van der Waals surface area contributed by atoms with Crippen LogP contribution in [0.4, 0.5) is 0 Å². The van der Waals surface area contributed by atoms with E-state index in [4.69, 9.17) is 4.74 Å². The summed E-state index contributed by atoms with van der Waals surface area (Å²) in [5.74, 6) is 0.881. The summed E-state index contributed by atoms with van der Waals surface area (Å²) >= 11 is 0. The minimum atomic E-state index is -0.454. The van der Waals surface area contributed by atoms with Crippen LogP contribution in [0.5, 0.6) is 5.75 Å². The molecular formula is C22H23NO. The molecule has 0 aliphatic heterocycles. The second-order valence-electron chi connectivity index (χ2n) is 5.71.